The van der Waals surface area contributed by atoms with Crippen LogP contribution in [0.25, 0.3) is 0 Å². The summed E-state index contributed by atoms with van der Waals surface area (Å²) in [5.74, 6) is 0.0884. The van der Waals surface area contributed by atoms with Crippen LogP contribution in [0.3, 0.4) is 0 Å². The van der Waals surface area contributed by atoms with Gasteiger partial charge in [0.25, 0.3) is 0 Å². The van der Waals surface area contributed by atoms with E-state index in [9.17, 15) is 17.6 Å². The Bertz CT molecular complexity index is 455. The molecule has 1 saturated heterocycles. The van der Waals surface area contributed by atoms with E-state index in [0.717, 1.165) is 6.20 Å². The Hall–Kier alpha value is -1.41. The van der Waals surface area contributed by atoms with Crippen molar-refractivity contribution in [3.8, 4) is 0 Å². The van der Waals surface area contributed by atoms with Crippen molar-refractivity contribution in [2.45, 2.75) is 12.7 Å². The van der Waals surface area contributed by atoms with Gasteiger partial charge in [0.05, 0.1) is 12.7 Å². The quantitative estimate of drug-likeness (QED) is 0.855. The highest BCUT2D eigenvalue weighted by Gasteiger charge is 2.32. The average molecular weight is 292 g/mol. The monoisotopic (exact) mass is 292 g/mol. The first kappa shape index (κ1) is 15.0. The van der Waals surface area contributed by atoms with E-state index >= 15 is 0 Å². The third-order valence-corrected chi connectivity index (χ3v) is 3.20. The third-order valence-electron chi connectivity index (χ3n) is 3.20. The number of hydrogen-bond acceptors (Lipinski definition) is 4. The summed E-state index contributed by atoms with van der Waals surface area (Å²) in [6.07, 6.45) is -3.09. The van der Waals surface area contributed by atoms with Crippen LogP contribution < -0.4 is 10.6 Å². The number of aromatic nitrogens is 1. The molecule has 1 aliphatic heterocycles. The molecule has 0 atom stereocenters. The Morgan fingerprint density at radius 1 is 1.20 bits per heavy atom. The maximum absolute atomic E-state index is 13.1. The molecule has 0 saturated carbocycles. The van der Waals surface area contributed by atoms with Crippen LogP contribution in [0.15, 0.2) is 12.3 Å². The summed E-state index contributed by atoms with van der Waals surface area (Å²) in [5, 5.41) is 0. The second-order valence-electron chi connectivity index (χ2n) is 4.72. The number of nitrogens with zero attached hydrogens (tertiary/aromatic N) is 3. The lowest BCUT2D eigenvalue weighted by molar-refractivity contribution is -0.146. The summed E-state index contributed by atoms with van der Waals surface area (Å²) >= 11 is 0. The molecule has 0 radical (unpaired) electrons. The summed E-state index contributed by atoms with van der Waals surface area (Å²) < 4.78 is 50.0. The third kappa shape index (κ3) is 3.80. The number of pyridine rings is 1. The molecule has 0 amide bonds. The van der Waals surface area contributed by atoms with Gasteiger partial charge >= 0.3 is 6.18 Å². The van der Waals surface area contributed by atoms with Crippen LogP contribution in [0, 0.1) is 5.82 Å². The van der Waals surface area contributed by atoms with Gasteiger partial charge in [-0.1, -0.05) is 0 Å². The molecule has 0 aromatic carbocycles. The minimum atomic E-state index is -4.18. The molecule has 112 valence electrons. The fourth-order valence-corrected chi connectivity index (χ4v) is 2.28. The Balaban J connectivity index is 2.00. The van der Waals surface area contributed by atoms with E-state index in [1.807, 2.05) is 4.90 Å². The van der Waals surface area contributed by atoms with Crippen molar-refractivity contribution in [2.75, 3.05) is 37.6 Å². The van der Waals surface area contributed by atoms with Crippen LogP contribution in [-0.2, 0) is 6.54 Å². The number of nitrogens with two attached hydrogens (primary N) is 1. The molecule has 0 unspecified atom stereocenters. The molecule has 0 bridgehead atoms. The zero-order chi connectivity index (χ0) is 14.8. The summed E-state index contributed by atoms with van der Waals surface area (Å²) in [6.45, 7) is 0.666. The van der Waals surface area contributed by atoms with Crippen molar-refractivity contribution in [2.24, 2.45) is 5.73 Å². The van der Waals surface area contributed by atoms with Gasteiger partial charge in [-0.15, -0.1) is 0 Å². The lowest BCUT2D eigenvalue weighted by Gasteiger charge is -2.36. The van der Waals surface area contributed by atoms with E-state index in [0.29, 0.717) is 37.6 Å². The molecule has 1 aromatic rings. The van der Waals surface area contributed by atoms with Gasteiger partial charge in [-0.2, -0.15) is 13.2 Å². The van der Waals surface area contributed by atoms with Gasteiger partial charge in [-0.3, -0.25) is 4.90 Å². The molecule has 0 aliphatic carbocycles. The number of anilines is 1. The molecule has 1 aliphatic rings. The average Bonchev–Trinajstić information content (AvgIpc) is 2.38. The lowest BCUT2D eigenvalue weighted by atomic mass is 10.2. The highest BCUT2D eigenvalue weighted by Crippen LogP contribution is 2.22. The molecular formula is C12H16F4N4. The normalized spacial score (nSPS) is 17.6. The van der Waals surface area contributed by atoms with Crippen molar-refractivity contribution >= 4 is 5.82 Å². The largest absolute Gasteiger partial charge is 0.401 e. The molecule has 2 N–H and O–H groups in total. The molecule has 20 heavy (non-hydrogen) atoms. The van der Waals surface area contributed by atoms with Crippen LogP contribution in [0.4, 0.5) is 23.4 Å². The molecular weight excluding hydrogens is 276 g/mol. The minimum absolute atomic E-state index is 0.142. The smallest absolute Gasteiger partial charge is 0.354 e. The highest BCUT2D eigenvalue weighted by molar-refractivity contribution is 5.47. The Labute approximate surface area is 114 Å². The maximum Gasteiger partial charge on any atom is 0.401 e. The van der Waals surface area contributed by atoms with E-state index in [2.05, 4.69) is 4.98 Å². The Morgan fingerprint density at radius 3 is 2.40 bits per heavy atom. The van der Waals surface area contributed by atoms with Crippen LogP contribution in [-0.4, -0.2) is 48.8 Å². The van der Waals surface area contributed by atoms with Crippen molar-refractivity contribution in [1.29, 1.82) is 0 Å². The number of hydrogen-bond donors (Lipinski definition) is 1. The van der Waals surface area contributed by atoms with Crippen molar-refractivity contribution in [3.63, 3.8) is 0 Å². The van der Waals surface area contributed by atoms with Crippen molar-refractivity contribution < 1.29 is 17.6 Å². The summed E-state index contributed by atoms with van der Waals surface area (Å²) in [4.78, 5) is 7.19. The van der Waals surface area contributed by atoms with Gasteiger partial charge in [0.2, 0.25) is 0 Å². The van der Waals surface area contributed by atoms with Crippen molar-refractivity contribution in [1.82, 2.24) is 9.88 Å². The fourth-order valence-electron chi connectivity index (χ4n) is 2.28. The molecule has 8 heteroatoms. The summed E-state index contributed by atoms with van der Waals surface area (Å²) in [5.41, 5.74) is 6.11. The van der Waals surface area contributed by atoms with Crippen LogP contribution in [0.2, 0.25) is 0 Å². The van der Waals surface area contributed by atoms with Gasteiger partial charge in [-0.25, -0.2) is 9.37 Å². The van der Waals surface area contributed by atoms with Gasteiger partial charge < -0.3 is 10.6 Å². The van der Waals surface area contributed by atoms with Crippen LogP contribution in [0.1, 0.15) is 5.56 Å². The Morgan fingerprint density at radius 2 is 1.85 bits per heavy atom. The van der Waals surface area contributed by atoms with Gasteiger partial charge in [0.1, 0.15) is 11.6 Å². The SMILES string of the molecule is NCc1cc(F)cnc1N1CCN(CC(F)(F)F)CC1. The fraction of sp³-hybridized carbons (Fsp3) is 0.583. The van der Waals surface area contributed by atoms with Gasteiger partial charge in [-0.05, 0) is 6.07 Å². The zero-order valence-corrected chi connectivity index (χ0v) is 10.8. The van der Waals surface area contributed by atoms with Gasteiger partial charge in [0, 0.05) is 38.3 Å². The standard InChI is InChI=1S/C12H16F4N4/c13-10-5-9(6-17)11(18-7-10)20-3-1-19(2-4-20)8-12(14,15)16/h5,7H,1-4,6,8,17H2. The Kier molecular flexibility index (Phi) is 4.44. The van der Waals surface area contributed by atoms with E-state index in [1.165, 1.54) is 11.0 Å². The molecule has 1 aromatic heterocycles. The maximum atomic E-state index is 13.1. The first-order valence-electron chi connectivity index (χ1n) is 6.27. The topological polar surface area (TPSA) is 45.4 Å². The van der Waals surface area contributed by atoms with Crippen LogP contribution in [0.5, 0.6) is 0 Å². The molecule has 2 rings (SSSR count). The number of piperazine rings is 1. The predicted molar refractivity (Wildman–Crippen MR) is 66.8 cm³/mol. The number of alkyl halides is 3. The summed E-state index contributed by atoms with van der Waals surface area (Å²) in [7, 11) is 0. The van der Waals surface area contributed by atoms with E-state index in [4.69, 9.17) is 5.73 Å². The van der Waals surface area contributed by atoms with Crippen molar-refractivity contribution in [3.05, 3.63) is 23.6 Å². The summed E-state index contributed by atoms with van der Waals surface area (Å²) in [6, 6.07) is 1.31. The minimum Gasteiger partial charge on any atom is -0.354 e. The molecule has 4 nitrogen and oxygen atoms in total. The molecule has 1 fully saturated rings. The molecule has 2 heterocycles. The van der Waals surface area contributed by atoms with E-state index < -0.39 is 18.5 Å². The first-order valence-corrected chi connectivity index (χ1v) is 6.27. The van der Waals surface area contributed by atoms with Gasteiger partial charge in [0.15, 0.2) is 0 Å². The second-order valence-corrected chi connectivity index (χ2v) is 4.72. The van der Waals surface area contributed by atoms with Crippen LogP contribution >= 0.6 is 0 Å². The lowest BCUT2D eigenvalue weighted by Crippen LogP contribution is -2.49. The second kappa shape index (κ2) is 5.92. The van der Waals surface area contributed by atoms with E-state index in [-0.39, 0.29) is 6.54 Å². The predicted octanol–water partition coefficient (Wildman–Crippen LogP) is 1.36. The number of rotatable bonds is 3. The zero-order valence-electron chi connectivity index (χ0n) is 10.8. The highest BCUT2D eigenvalue weighted by atomic mass is 19.4. The number of halogens is 4. The molecule has 0 spiro atoms. The first-order chi connectivity index (χ1) is 9.39. The van der Waals surface area contributed by atoms with E-state index in [1.54, 1.807) is 0 Å².